The van der Waals surface area contributed by atoms with Crippen molar-refractivity contribution in [3.05, 3.63) is 12.0 Å². The van der Waals surface area contributed by atoms with E-state index in [4.69, 9.17) is 10.6 Å². The molecule has 0 aliphatic carbocycles. The molecular weight excluding hydrogens is 236 g/mol. The minimum atomic E-state index is -0.456. The van der Waals surface area contributed by atoms with Crippen molar-refractivity contribution in [2.24, 2.45) is 0 Å². The number of aromatic nitrogens is 4. The summed E-state index contributed by atoms with van der Waals surface area (Å²) >= 11 is 0. The lowest BCUT2D eigenvalue weighted by Crippen LogP contribution is -2.25. The fourth-order valence-electron chi connectivity index (χ4n) is 1.31. The van der Waals surface area contributed by atoms with E-state index in [9.17, 15) is 4.79 Å². The van der Waals surface area contributed by atoms with Gasteiger partial charge in [0.25, 0.3) is 0 Å². The molecule has 0 aromatic carbocycles. The highest BCUT2D eigenvalue weighted by Gasteiger charge is 2.12. The molecule has 0 spiro atoms. The highest BCUT2D eigenvalue weighted by atomic mass is 16.6. The van der Waals surface area contributed by atoms with Gasteiger partial charge >= 0.3 is 5.91 Å². The van der Waals surface area contributed by atoms with E-state index in [1.54, 1.807) is 0 Å². The Morgan fingerprint density at radius 1 is 1.56 bits per heavy atom. The molecule has 0 radical (unpaired) electrons. The second-order valence-corrected chi connectivity index (χ2v) is 3.68. The lowest BCUT2D eigenvalue weighted by molar-refractivity contribution is 0.0294. The molecule has 0 atom stereocenters. The number of unbranched alkanes of at least 4 members (excludes halogenated alkanes) is 1. The smallest absolute Gasteiger partial charge is 0.310 e. The molecule has 0 fully saturated rings. The minimum Gasteiger partial charge on any atom is -0.368 e. The zero-order valence-electron chi connectivity index (χ0n) is 9.93. The lowest BCUT2D eigenvalue weighted by atomic mass is 10.4. The number of nitrogens with one attached hydrogen (secondary N) is 2. The van der Waals surface area contributed by atoms with Crippen LogP contribution >= 0.6 is 0 Å². The van der Waals surface area contributed by atoms with E-state index >= 15 is 0 Å². The number of nitrogens with zero attached hydrogens (tertiary/aromatic N) is 3. The number of H-pyrrole nitrogens is 1. The number of fused-ring (bicyclic) bond motifs is 1. The van der Waals surface area contributed by atoms with Crippen molar-refractivity contribution in [2.75, 3.05) is 12.3 Å². The molecule has 0 bridgehead atoms. The Labute approximate surface area is 103 Å². The number of amides is 1. The zero-order chi connectivity index (χ0) is 13.0. The summed E-state index contributed by atoms with van der Waals surface area (Å²) in [5.74, 6) is -0.232. The summed E-state index contributed by atoms with van der Waals surface area (Å²) in [4.78, 5) is 31.1. The Morgan fingerprint density at radius 2 is 2.39 bits per heavy atom. The van der Waals surface area contributed by atoms with Gasteiger partial charge in [0.05, 0.1) is 12.8 Å². The molecule has 0 saturated carbocycles. The standard InChI is InChI=1S/C10H14N6O2/c1-2-3-4-18-16-9(17)8-13-6-5-12-10(11)15-7(6)14-8/h5H,2-4H2,1H3,(H,16,17)(H3,11,12,13,14,15). The molecular formula is C10H14N6O2. The van der Waals surface area contributed by atoms with Crippen molar-refractivity contribution in [3.8, 4) is 0 Å². The first-order chi connectivity index (χ1) is 8.70. The van der Waals surface area contributed by atoms with Gasteiger partial charge in [0.15, 0.2) is 5.65 Å². The number of hydrogen-bond acceptors (Lipinski definition) is 6. The van der Waals surface area contributed by atoms with Crippen molar-refractivity contribution in [1.29, 1.82) is 0 Å². The maximum Gasteiger partial charge on any atom is 0.310 e. The van der Waals surface area contributed by atoms with Crippen LogP contribution in [0.5, 0.6) is 0 Å². The van der Waals surface area contributed by atoms with Gasteiger partial charge in [-0.3, -0.25) is 9.63 Å². The molecule has 96 valence electrons. The topological polar surface area (TPSA) is 119 Å². The van der Waals surface area contributed by atoms with Crippen molar-refractivity contribution >= 4 is 23.0 Å². The van der Waals surface area contributed by atoms with Crippen molar-refractivity contribution in [2.45, 2.75) is 19.8 Å². The van der Waals surface area contributed by atoms with Crippen LogP contribution in [-0.4, -0.2) is 32.4 Å². The summed E-state index contributed by atoms with van der Waals surface area (Å²) in [6.45, 7) is 2.50. The van der Waals surface area contributed by atoms with E-state index in [0.29, 0.717) is 17.8 Å². The molecule has 2 rings (SSSR count). The molecule has 8 nitrogen and oxygen atoms in total. The Hall–Kier alpha value is -2.22. The summed E-state index contributed by atoms with van der Waals surface area (Å²) in [6.07, 6.45) is 3.34. The zero-order valence-corrected chi connectivity index (χ0v) is 9.93. The fourth-order valence-corrected chi connectivity index (χ4v) is 1.31. The summed E-state index contributed by atoms with van der Waals surface area (Å²) < 4.78 is 0. The lowest BCUT2D eigenvalue weighted by Gasteiger charge is -2.02. The number of nitrogen functional groups attached to an aromatic ring is 1. The number of carbonyl (C=O) groups excluding carboxylic acids is 1. The van der Waals surface area contributed by atoms with Gasteiger partial charge in [0.1, 0.15) is 5.52 Å². The average molecular weight is 250 g/mol. The van der Waals surface area contributed by atoms with E-state index in [2.05, 4.69) is 25.4 Å². The fraction of sp³-hybridized carbons (Fsp3) is 0.400. The minimum absolute atomic E-state index is 0.111. The molecule has 2 aromatic heterocycles. The van der Waals surface area contributed by atoms with Crippen LogP contribution in [0.3, 0.4) is 0 Å². The predicted molar refractivity (Wildman–Crippen MR) is 64.4 cm³/mol. The number of hydroxylamine groups is 1. The van der Waals surface area contributed by atoms with E-state index in [1.807, 2.05) is 6.92 Å². The Kier molecular flexibility index (Phi) is 3.68. The third-order valence-electron chi connectivity index (χ3n) is 2.24. The Bertz CT molecular complexity index is 552. The third kappa shape index (κ3) is 2.72. The van der Waals surface area contributed by atoms with E-state index in [0.717, 1.165) is 12.8 Å². The summed E-state index contributed by atoms with van der Waals surface area (Å²) in [7, 11) is 0. The van der Waals surface area contributed by atoms with Crippen molar-refractivity contribution in [3.63, 3.8) is 0 Å². The Morgan fingerprint density at radius 3 is 3.17 bits per heavy atom. The maximum atomic E-state index is 11.7. The summed E-state index contributed by atoms with van der Waals surface area (Å²) in [5, 5.41) is 0. The first-order valence-electron chi connectivity index (χ1n) is 5.61. The van der Waals surface area contributed by atoms with E-state index < -0.39 is 5.91 Å². The summed E-state index contributed by atoms with van der Waals surface area (Å²) in [5.41, 5.74) is 8.61. The molecule has 0 unspecified atom stereocenters. The average Bonchev–Trinajstić information content (AvgIpc) is 2.77. The molecule has 8 heteroatoms. The first kappa shape index (κ1) is 12.2. The number of carbonyl (C=O) groups is 1. The number of rotatable bonds is 5. The molecule has 0 saturated heterocycles. The normalized spacial score (nSPS) is 10.7. The van der Waals surface area contributed by atoms with Gasteiger partial charge in [0, 0.05) is 0 Å². The molecule has 0 aliphatic heterocycles. The Balaban J connectivity index is 2.04. The van der Waals surface area contributed by atoms with Crippen LogP contribution in [0.25, 0.3) is 11.2 Å². The van der Waals surface area contributed by atoms with Crippen LogP contribution in [0.1, 0.15) is 30.4 Å². The predicted octanol–water partition coefficient (Wildman–Crippen LogP) is 0.397. The number of nitrogens with two attached hydrogens (primary N) is 1. The monoisotopic (exact) mass is 250 g/mol. The van der Waals surface area contributed by atoms with Gasteiger partial charge in [-0.1, -0.05) is 13.3 Å². The van der Waals surface area contributed by atoms with Gasteiger partial charge in [0.2, 0.25) is 11.8 Å². The van der Waals surface area contributed by atoms with Crippen LogP contribution in [-0.2, 0) is 4.84 Å². The number of hydrogen-bond donors (Lipinski definition) is 3. The van der Waals surface area contributed by atoms with Gasteiger partial charge in [-0.2, -0.15) is 4.98 Å². The quantitative estimate of drug-likeness (QED) is 0.522. The van der Waals surface area contributed by atoms with Crippen LogP contribution < -0.4 is 11.2 Å². The third-order valence-corrected chi connectivity index (χ3v) is 2.24. The molecule has 2 heterocycles. The van der Waals surface area contributed by atoms with Crippen LogP contribution in [0.15, 0.2) is 6.20 Å². The molecule has 2 aromatic rings. The van der Waals surface area contributed by atoms with Gasteiger partial charge in [-0.15, -0.1) is 0 Å². The van der Waals surface area contributed by atoms with Crippen molar-refractivity contribution in [1.82, 2.24) is 25.4 Å². The number of aromatic amines is 1. The van der Waals surface area contributed by atoms with Crippen molar-refractivity contribution < 1.29 is 9.63 Å². The van der Waals surface area contributed by atoms with Crippen LogP contribution in [0.2, 0.25) is 0 Å². The molecule has 1 amide bonds. The second-order valence-electron chi connectivity index (χ2n) is 3.68. The van der Waals surface area contributed by atoms with Gasteiger partial charge in [-0.05, 0) is 6.42 Å². The SMILES string of the molecule is CCCCONC(=O)c1nc2nc(N)ncc2[nH]1. The van der Waals surface area contributed by atoms with Crippen LogP contribution in [0, 0.1) is 0 Å². The number of anilines is 1. The van der Waals surface area contributed by atoms with Gasteiger partial charge < -0.3 is 10.7 Å². The van der Waals surface area contributed by atoms with Gasteiger partial charge in [-0.25, -0.2) is 15.4 Å². The highest BCUT2D eigenvalue weighted by molar-refractivity contribution is 5.92. The molecule has 4 N–H and O–H groups in total. The van der Waals surface area contributed by atoms with E-state index in [-0.39, 0.29) is 11.8 Å². The largest absolute Gasteiger partial charge is 0.368 e. The maximum absolute atomic E-state index is 11.7. The van der Waals surface area contributed by atoms with Crippen LogP contribution in [0.4, 0.5) is 5.95 Å². The molecule has 18 heavy (non-hydrogen) atoms. The second kappa shape index (κ2) is 5.41. The first-order valence-corrected chi connectivity index (χ1v) is 5.61. The van der Waals surface area contributed by atoms with E-state index in [1.165, 1.54) is 6.20 Å². The number of imidazole rings is 1. The molecule has 0 aliphatic rings. The summed E-state index contributed by atoms with van der Waals surface area (Å²) in [6, 6.07) is 0. The highest BCUT2D eigenvalue weighted by Crippen LogP contribution is 2.08.